The van der Waals surface area contributed by atoms with Gasteiger partial charge in [-0.15, -0.1) is 0 Å². The van der Waals surface area contributed by atoms with E-state index in [0.29, 0.717) is 0 Å². The van der Waals surface area contributed by atoms with Crippen LogP contribution in [0.4, 0.5) is 0 Å². The molecule has 0 bridgehead atoms. The number of aryl methyl sites for hydroxylation is 1. The molecule has 0 amide bonds. The molecule has 0 aliphatic carbocycles. The molecule has 0 atom stereocenters. The third kappa shape index (κ3) is 1.63. The maximum Gasteiger partial charge on any atom is 0.106 e. The molecule has 0 saturated carbocycles. The minimum absolute atomic E-state index is 0.876. The molecule has 13 heavy (non-hydrogen) atoms. The van der Waals surface area contributed by atoms with Gasteiger partial charge in [-0.2, -0.15) is 0 Å². The zero-order valence-corrected chi connectivity index (χ0v) is 10.2. The Hall–Kier alpha value is -0.410. The first-order chi connectivity index (χ1) is 6.18. The zero-order valence-electron chi connectivity index (χ0n) is 7.01. The summed E-state index contributed by atoms with van der Waals surface area (Å²) in [4.78, 5) is 4.42. The molecule has 3 heteroatoms. The first-order valence-corrected chi connectivity index (χ1v) is 5.48. The maximum absolute atomic E-state index is 4.42. The van der Waals surface area contributed by atoms with E-state index in [9.17, 15) is 0 Å². The number of pyridine rings is 1. The van der Waals surface area contributed by atoms with Crippen molar-refractivity contribution in [3.8, 4) is 0 Å². The molecular weight excluding hydrogens is 294 g/mol. The Morgan fingerprint density at radius 1 is 1.08 bits per heavy atom. The first-order valence-electron chi connectivity index (χ1n) is 3.90. The lowest BCUT2D eigenvalue weighted by atomic mass is 10.1. The SMILES string of the molecule is Cc1c(Br)ccc2ccc(Br)nc12. The summed E-state index contributed by atoms with van der Waals surface area (Å²) in [5.41, 5.74) is 2.22. The van der Waals surface area contributed by atoms with Gasteiger partial charge in [-0.25, -0.2) is 4.98 Å². The number of aromatic nitrogens is 1. The van der Waals surface area contributed by atoms with Crippen molar-refractivity contribution in [2.75, 3.05) is 0 Å². The highest BCUT2D eigenvalue weighted by molar-refractivity contribution is 9.10. The Labute approximate surface area is 93.4 Å². The molecule has 0 unspecified atom stereocenters. The monoisotopic (exact) mass is 299 g/mol. The van der Waals surface area contributed by atoms with Crippen molar-refractivity contribution < 1.29 is 0 Å². The fourth-order valence-corrected chi connectivity index (χ4v) is 1.91. The van der Waals surface area contributed by atoms with Gasteiger partial charge < -0.3 is 0 Å². The second-order valence-corrected chi connectivity index (χ2v) is 4.54. The van der Waals surface area contributed by atoms with E-state index in [1.807, 2.05) is 12.1 Å². The average Bonchev–Trinajstić information content (AvgIpc) is 2.12. The van der Waals surface area contributed by atoms with Gasteiger partial charge in [0.2, 0.25) is 0 Å². The van der Waals surface area contributed by atoms with E-state index >= 15 is 0 Å². The van der Waals surface area contributed by atoms with Crippen LogP contribution in [-0.4, -0.2) is 4.98 Å². The number of rotatable bonds is 0. The number of fused-ring (bicyclic) bond motifs is 1. The van der Waals surface area contributed by atoms with E-state index in [1.165, 1.54) is 10.9 Å². The Morgan fingerprint density at radius 3 is 2.54 bits per heavy atom. The lowest BCUT2D eigenvalue weighted by molar-refractivity contribution is 1.31. The standard InChI is InChI=1S/C10H7Br2N/c1-6-8(11)4-2-7-3-5-9(12)13-10(6)7/h2-5H,1H3. The van der Waals surface area contributed by atoms with Gasteiger partial charge >= 0.3 is 0 Å². The molecule has 0 saturated heterocycles. The molecule has 0 radical (unpaired) electrons. The topological polar surface area (TPSA) is 12.9 Å². The summed E-state index contributed by atoms with van der Waals surface area (Å²) < 4.78 is 1.98. The van der Waals surface area contributed by atoms with Crippen molar-refractivity contribution in [2.45, 2.75) is 6.92 Å². The highest BCUT2D eigenvalue weighted by Gasteiger charge is 2.02. The normalized spacial score (nSPS) is 10.7. The summed E-state index contributed by atoms with van der Waals surface area (Å²) >= 11 is 6.85. The Kier molecular flexibility index (Phi) is 2.39. The molecular formula is C10H7Br2N. The van der Waals surface area contributed by atoms with Crippen molar-refractivity contribution in [3.05, 3.63) is 38.9 Å². The van der Waals surface area contributed by atoms with Gasteiger partial charge in [0.1, 0.15) is 4.60 Å². The van der Waals surface area contributed by atoms with E-state index in [4.69, 9.17) is 0 Å². The van der Waals surface area contributed by atoms with Crippen LogP contribution in [0.1, 0.15) is 5.56 Å². The second-order valence-electron chi connectivity index (χ2n) is 2.88. The fourth-order valence-electron chi connectivity index (χ4n) is 1.28. The number of hydrogen-bond donors (Lipinski definition) is 0. The molecule has 0 aliphatic heterocycles. The second kappa shape index (κ2) is 3.39. The predicted molar refractivity (Wildman–Crippen MR) is 61.9 cm³/mol. The van der Waals surface area contributed by atoms with Crippen LogP contribution in [0.2, 0.25) is 0 Å². The van der Waals surface area contributed by atoms with Crippen LogP contribution in [0.15, 0.2) is 33.3 Å². The predicted octanol–water partition coefficient (Wildman–Crippen LogP) is 4.07. The van der Waals surface area contributed by atoms with Gasteiger partial charge in [0.25, 0.3) is 0 Å². The number of nitrogens with zero attached hydrogens (tertiary/aromatic N) is 1. The Balaban J connectivity index is 2.89. The molecule has 0 fully saturated rings. The minimum Gasteiger partial charge on any atom is -0.241 e. The van der Waals surface area contributed by atoms with Crippen LogP contribution in [0, 0.1) is 6.92 Å². The molecule has 2 aromatic rings. The largest absolute Gasteiger partial charge is 0.241 e. The van der Waals surface area contributed by atoms with E-state index in [1.54, 1.807) is 0 Å². The minimum atomic E-state index is 0.876. The molecule has 1 aromatic carbocycles. The van der Waals surface area contributed by atoms with E-state index < -0.39 is 0 Å². The van der Waals surface area contributed by atoms with Gasteiger partial charge in [-0.1, -0.05) is 28.1 Å². The van der Waals surface area contributed by atoms with Crippen LogP contribution >= 0.6 is 31.9 Å². The third-order valence-corrected chi connectivity index (χ3v) is 3.32. The van der Waals surface area contributed by atoms with Gasteiger partial charge in [-0.3, -0.25) is 0 Å². The summed E-state index contributed by atoms with van der Waals surface area (Å²) in [6.45, 7) is 2.06. The van der Waals surface area contributed by atoms with Crippen LogP contribution in [-0.2, 0) is 0 Å². The molecule has 1 nitrogen and oxygen atoms in total. The lowest BCUT2D eigenvalue weighted by Crippen LogP contribution is -1.85. The van der Waals surface area contributed by atoms with Crippen molar-refractivity contribution in [1.82, 2.24) is 4.98 Å². The number of halogens is 2. The van der Waals surface area contributed by atoms with E-state index in [-0.39, 0.29) is 0 Å². The Morgan fingerprint density at radius 2 is 1.77 bits per heavy atom. The van der Waals surface area contributed by atoms with Gasteiger partial charge in [0.15, 0.2) is 0 Å². The van der Waals surface area contributed by atoms with E-state index in [2.05, 4.69) is 55.9 Å². The smallest absolute Gasteiger partial charge is 0.106 e. The van der Waals surface area contributed by atoms with Crippen molar-refractivity contribution in [3.63, 3.8) is 0 Å². The van der Waals surface area contributed by atoms with Crippen LogP contribution < -0.4 is 0 Å². The lowest BCUT2D eigenvalue weighted by Gasteiger charge is -2.03. The molecule has 66 valence electrons. The summed E-state index contributed by atoms with van der Waals surface area (Å²) in [6, 6.07) is 8.13. The summed E-state index contributed by atoms with van der Waals surface area (Å²) in [6.07, 6.45) is 0. The molecule has 0 spiro atoms. The number of benzene rings is 1. The van der Waals surface area contributed by atoms with Gasteiger partial charge in [-0.05, 0) is 40.5 Å². The highest BCUT2D eigenvalue weighted by Crippen LogP contribution is 2.25. The van der Waals surface area contributed by atoms with Gasteiger partial charge in [0.05, 0.1) is 5.52 Å². The molecule has 1 aromatic heterocycles. The highest BCUT2D eigenvalue weighted by atomic mass is 79.9. The third-order valence-electron chi connectivity index (χ3n) is 2.02. The Bertz CT molecular complexity index is 460. The van der Waals surface area contributed by atoms with Crippen molar-refractivity contribution >= 4 is 42.8 Å². The number of hydrogen-bond acceptors (Lipinski definition) is 1. The summed E-state index contributed by atoms with van der Waals surface area (Å²) in [7, 11) is 0. The van der Waals surface area contributed by atoms with Gasteiger partial charge in [0, 0.05) is 9.86 Å². The molecule has 1 heterocycles. The average molecular weight is 301 g/mol. The summed E-state index contributed by atoms with van der Waals surface area (Å²) in [5, 5.41) is 1.17. The molecule has 0 N–H and O–H groups in total. The zero-order chi connectivity index (χ0) is 9.42. The van der Waals surface area contributed by atoms with Crippen molar-refractivity contribution in [2.24, 2.45) is 0 Å². The van der Waals surface area contributed by atoms with Crippen LogP contribution in [0.5, 0.6) is 0 Å². The quantitative estimate of drug-likeness (QED) is 0.668. The van der Waals surface area contributed by atoms with Crippen LogP contribution in [0.25, 0.3) is 10.9 Å². The molecule has 2 rings (SSSR count). The fraction of sp³-hybridized carbons (Fsp3) is 0.100. The van der Waals surface area contributed by atoms with Crippen molar-refractivity contribution in [1.29, 1.82) is 0 Å². The van der Waals surface area contributed by atoms with Crippen LogP contribution in [0.3, 0.4) is 0 Å². The van der Waals surface area contributed by atoms with E-state index in [0.717, 1.165) is 14.6 Å². The summed E-state index contributed by atoms with van der Waals surface area (Å²) in [5.74, 6) is 0. The molecule has 0 aliphatic rings. The first kappa shape index (κ1) is 9.16. The maximum atomic E-state index is 4.42.